The number of carboxylic acid groups (broad SMARTS) is 1. The van der Waals surface area contributed by atoms with Crippen molar-refractivity contribution < 1.29 is 9.90 Å². The van der Waals surface area contributed by atoms with Crippen molar-refractivity contribution in [2.45, 2.75) is 38.1 Å². The number of nitrogens with one attached hydrogen (secondary N) is 1. The molecule has 0 unspecified atom stereocenters. The first kappa shape index (κ1) is 17.2. The van der Waals surface area contributed by atoms with E-state index in [-0.39, 0.29) is 12.0 Å². The van der Waals surface area contributed by atoms with Crippen LogP contribution in [0.15, 0.2) is 48.6 Å². The highest BCUT2D eigenvalue weighted by Gasteiger charge is 2.40. The molecule has 26 heavy (non-hydrogen) atoms. The number of benzene rings is 2. The maximum atomic E-state index is 11.7. The summed E-state index contributed by atoms with van der Waals surface area (Å²) in [5.41, 5.74) is 4.45. The van der Waals surface area contributed by atoms with Gasteiger partial charge in [-0.25, -0.2) is 4.79 Å². The molecule has 3 atom stereocenters. The second-order valence-corrected chi connectivity index (χ2v) is 7.89. The van der Waals surface area contributed by atoms with E-state index >= 15 is 0 Å². The molecule has 134 valence electrons. The van der Waals surface area contributed by atoms with Gasteiger partial charge in [0.25, 0.3) is 0 Å². The Morgan fingerprint density at radius 2 is 1.92 bits per heavy atom. The minimum absolute atomic E-state index is 0.0748. The van der Waals surface area contributed by atoms with E-state index in [1.165, 1.54) is 11.1 Å². The van der Waals surface area contributed by atoms with E-state index in [9.17, 15) is 9.90 Å². The number of halogens is 1. The zero-order chi connectivity index (χ0) is 18.4. The largest absolute Gasteiger partial charge is 0.478 e. The lowest BCUT2D eigenvalue weighted by molar-refractivity contribution is 0.0695. The zero-order valence-corrected chi connectivity index (χ0v) is 15.6. The average molecular weight is 368 g/mol. The van der Waals surface area contributed by atoms with Crippen molar-refractivity contribution in [1.82, 2.24) is 0 Å². The molecule has 1 aliphatic carbocycles. The fourth-order valence-electron chi connectivity index (χ4n) is 4.28. The van der Waals surface area contributed by atoms with Crippen molar-refractivity contribution in [1.29, 1.82) is 0 Å². The van der Waals surface area contributed by atoms with E-state index in [0.717, 1.165) is 17.7 Å². The fraction of sp³-hybridized carbons (Fsp3) is 0.318. The van der Waals surface area contributed by atoms with E-state index in [4.69, 9.17) is 11.6 Å². The number of allylic oxidation sites excluding steroid dienone is 2. The van der Waals surface area contributed by atoms with E-state index in [2.05, 4.69) is 55.6 Å². The van der Waals surface area contributed by atoms with E-state index in [1.807, 2.05) is 0 Å². The Morgan fingerprint density at radius 3 is 2.58 bits per heavy atom. The van der Waals surface area contributed by atoms with Gasteiger partial charge in [-0.2, -0.15) is 0 Å². The molecule has 0 saturated carbocycles. The lowest BCUT2D eigenvalue weighted by Crippen LogP contribution is -2.30. The molecule has 3 nitrogen and oxygen atoms in total. The molecule has 1 heterocycles. The molecule has 2 aromatic carbocycles. The fourth-order valence-corrected chi connectivity index (χ4v) is 4.50. The molecule has 2 aromatic rings. The summed E-state index contributed by atoms with van der Waals surface area (Å²) in [4.78, 5) is 11.7. The summed E-state index contributed by atoms with van der Waals surface area (Å²) in [6.45, 7) is 4.38. The van der Waals surface area contributed by atoms with Gasteiger partial charge in [0.15, 0.2) is 0 Å². The van der Waals surface area contributed by atoms with Gasteiger partial charge >= 0.3 is 5.97 Å². The quantitative estimate of drug-likeness (QED) is 0.655. The average Bonchev–Trinajstić information content (AvgIpc) is 3.11. The van der Waals surface area contributed by atoms with Crippen molar-refractivity contribution in [3.8, 4) is 0 Å². The summed E-state index contributed by atoms with van der Waals surface area (Å²) in [6.07, 6.45) is 5.23. The minimum Gasteiger partial charge on any atom is -0.478 e. The third-order valence-electron chi connectivity index (χ3n) is 5.66. The van der Waals surface area contributed by atoms with E-state index < -0.39 is 5.97 Å². The molecule has 0 aromatic heterocycles. The molecule has 1 aliphatic heterocycles. The molecule has 4 rings (SSSR count). The molecule has 4 heteroatoms. The highest BCUT2D eigenvalue weighted by molar-refractivity contribution is 6.33. The number of fused-ring (bicyclic) bond motifs is 3. The van der Waals surface area contributed by atoms with Crippen LogP contribution >= 0.6 is 11.6 Å². The summed E-state index contributed by atoms with van der Waals surface area (Å²) in [6, 6.07) is 12.1. The molecule has 2 N–H and O–H groups in total. The smallest absolute Gasteiger partial charge is 0.336 e. The Morgan fingerprint density at radius 1 is 1.19 bits per heavy atom. The lowest BCUT2D eigenvalue weighted by Gasteiger charge is -2.38. The van der Waals surface area contributed by atoms with Crippen LogP contribution < -0.4 is 5.32 Å². The van der Waals surface area contributed by atoms with Gasteiger partial charge in [-0.1, -0.05) is 61.9 Å². The van der Waals surface area contributed by atoms with Crippen LogP contribution in [-0.2, 0) is 0 Å². The second-order valence-electron chi connectivity index (χ2n) is 7.49. The molecule has 0 fully saturated rings. The first-order valence-corrected chi connectivity index (χ1v) is 9.44. The molecule has 0 amide bonds. The Bertz CT molecular complexity index is 886. The lowest BCUT2D eigenvalue weighted by atomic mass is 9.75. The minimum atomic E-state index is -0.904. The van der Waals surface area contributed by atoms with Gasteiger partial charge in [-0.15, -0.1) is 0 Å². The Labute approximate surface area is 158 Å². The standard InChI is InChI=1S/C22H22ClNO2/c1-12(2)13-6-8-14(9-7-13)20-16-5-3-4-15(16)19-17(22(25)26)10-11-18(23)21(19)24-20/h3-4,6-12,15-16,20,24H,5H2,1-2H3,(H,25,26)/t15-,16+,20-/m0/s1. The van der Waals surface area contributed by atoms with Gasteiger partial charge < -0.3 is 10.4 Å². The van der Waals surface area contributed by atoms with Gasteiger partial charge in [0.1, 0.15) is 0 Å². The monoisotopic (exact) mass is 367 g/mol. The number of hydrogen-bond donors (Lipinski definition) is 2. The first-order chi connectivity index (χ1) is 12.5. The number of carbonyl (C=O) groups is 1. The van der Waals surface area contributed by atoms with Crippen LogP contribution in [0.1, 0.15) is 65.2 Å². The van der Waals surface area contributed by atoms with Crippen LogP contribution in [0.5, 0.6) is 0 Å². The first-order valence-electron chi connectivity index (χ1n) is 9.06. The molecule has 0 spiro atoms. The summed E-state index contributed by atoms with van der Waals surface area (Å²) in [7, 11) is 0. The summed E-state index contributed by atoms with van der Waals surface area (Å²) < 4.78 is 0. The highest BCUT2D eigenvalue weighted by atomic mass is 35.5. The van der Waals surface area contributed by atoms with E-state index in [0.29, 0.717) is 22.4 Å². The number of hydrogen-bond acceptors (Lipinski definition) is 2. The Kier molecular flexibility index (Phi) is 4.28. The summed E-state index contributed by atoms with van der Waals surface area (Å²) >= 11 is 6.45. The predicted octanol–water partition coefficient (Wildman–Crippen LogP) is 5.99. The molecular formula is C22H22ClNO2. The van der Waals surface area contributed by atoms with Crippen molar-refractivity contribution >= 4 is 23.3 Å². The second kappa shape index (κ2) is 6.48. The molecule has 0 radical (unpaired) electrons. The van der Waals surface area contributed by atoms with Crippen LogP contribution in [0.3, 0.4) is 0 Å². The topological polar surface area (TPSA) is 49.3 Å². The summed E-state index contributed by atoms with van der Waals surface area (Å²) in [5.74, 6) is -0.0362. The van der Waals surface area contributed by atoms with Gasteiger partial charge in [0.2, 0.25) is 0 Å². The molecule has 0 bridgehead atoms. The van der Waals surface area contributed by atoms with Crippen LogP contribution in [0.4, 0.5) is 5.69 Å². The molecule has 2 aliphatic rings. The third-order valence-corrected chi connectivity index (χ3v) is 5.98. The normalized spacial score (nSPS) is 23.5. The zero-order valence-electron chi connectivity index (χ0n) is 14.9. The SMILES string of the molecule is CC(C)c1ccc([C@@H]2Nc3c(Cl)ccc(C(=O)O)c3[C@H]3C=CC[C@H]32)cc1. The Hall–Kier alpha value is -2.26. The van der Waals surface area contributed by atoms with Crippen LogP contribution in [0.25, 0.3) is 0 Å². The third kappa shape index (κ3) is 2.71. The Balaban J connectivity index is 1.80. The van der Waals surface area contributed by atoms with Crippen molar-refractivity contribution in [3.05, 3.63) is 75.8 Å². The number of carboxylic acids is 1. The van der Waals surface area contributed by atoms with Crippen molar-refractivity contribution in [3.63, 3.8) is 0 Å². The molecular weight excluding hydrogens is 346 g/mol. The van der Waals surface area contributed by atoms with Gasteiger partial charge in [-0.3, -0.25) is 0 Å². The number of aromatic carboxylic acids is 1. The van der Waals surface area contributed by atoms with Crippen LogP contribution in [-0.4, -0.2) is 11.1 Å². The van der Waals surface area contributed by atoms with Crippen molar-refractivity contribution in [2.75, 3.05) is 5.32 Å². The van der Waals surface area contributed by atoms with Crippen molar-refractivity contribution in [2.24, 2.45) is 5.92 Å². The van der Waals surface area contributed by atoms with Gasteiger partial charge in [0, 0.05) is 5.92 Å². The summed E-state index contributed by atoms with van der Waals surface area (Å²) in [5, 5.41) is 13.8. The maximum Gasteiger partial charge on any atom is 0.336 e. The van der Waals surface area contributed by atoms with E-state index in [1.54, 1.807) is 12.1 Å². The van der Waals surface area contributed by atoms with Gasteiger partial charge in [0.05, 0.1) is 22.3 Å². The van der Waals surface area contributed by atoms with Crippen LogP contribution in [0, 0.1) is 5.92 Å². The van der Waals surface area contributed by atoms with Gasteiger partial charge in [-0.05, 0) is 47.1 Å². The number of anilines is 1. The van der Waals surface area contributed by atoms with Crippen LogP contribution in [0.2, 0.25) is 5.02 Å². The maximum absolute atomic E-state index is 11.7. The number of rotatable bonds is 3. The highest BCUT2D eigenvalue weighted by Crippen LogP contribution is 2.52. The predicted molar refractivity (Wildman–Crippen MR) is 105 cm³/mol. The molecule has 0 saturated heterocycles.